The molecule has 0 aromatic heterocycles. The molecule has 1 aliphatic carbocycles. The van der Waals surface area contributed by atoms with Crippen LogP contribution in [0.3, 0.4) is 0 Å². The molecule has 0 N–H and O–H groups in total. The third-order valence-corrected chi connectivity index (χ3v) is 7.13. The van der Waals surface area contributed by atoms with Crippen molar-refractivity contribution in [2.75, 3.05) is 6.54 Å². The maximum atomic E-state index is 3.85. The van der Waals surface area contributed by atoms with Gasteiger partial charge in [0, 0.05) is 19.1 Å². The minimum Gasteiger partial charge on any atom is -0.292 e. The summed E-state index contributed by atoms with van der Waals surface area (Å²) in [6.07, 6.45) is 14.7. The predicted octanol–water partition coefficient (Wildman–Crippen LogP) is 7.27. The summed E-state index contributed by atoms with van der Waals surface area (Å²) in [6, 6.07) is 14.7. The molecule has 0 spiro atoms. The lowest BCUT2D eigenvalue weighted by Gasteiger charge is -2.36. The lowest BCUT2D eigenvalue weighted by Crippen LogP contribution is -2.39. The van der Waals surface area contributed by atoms with Gasteiger partial charge in [-0.3, -0.25) is 4.90 Å². The minimum atomic E-state index is 0.222. The van der Waals surface area contributed by atoms with Crippen LogP contribution < -0.4 is 0 Å². The molecular weight excluding hydrogens is 386 g/mol. The predicted molar refractivity (Wildman–Crippen MR) is 138 cm³/mol. The van der Waals surface area contributed by atoms with Crippen LogP contribution in [0.4, 0.5) is 0 Å². The summed E-state index contributed by atoms with van der Waals surface area (Å²) < 4.78 is 0. The van der Waals surface area contributed by atoms with Crippen LogP contribution in [0.5, 0.6) is 0 Å². The number of nitrogens with zero attached hydrogens (tertiary/aromatic N) is 1. The highest BCUT2D eigenvalue weighted by molar-refractivity contribution is 5.39. The monoisotopic (exact) mass is 425 g/mol. The molecule has 1 heteroatoms. The van der Waals surface area contributed by atoms with Crippen LogP contribution in [-0.4, -0.2) is 17.5 Å². The summed E-state index contributed by atoms with van der Waals surface area (Å²) in [4.78, 5) is 2.67. The van der Waals surface area contributed by atoms with Crippen LogP contribution in [0.2, 0.25) is 0 Å². The van der Waals surface area contributed by atoms with E-state index in [1.165, 1.54) is 33.4 Å². The molecule has 0 saturated heterocycles. The molecule has 1 nitrogen and oxygen atoms in total. The molecule has 32 heavy (non-hydrogen) atoms. The fourth-order valence-corrected chi connectivity index (χ4v) is 5.07. The van der Waals surface area contributed by atoms with Crippen LogP contribution in [0.1, 0.15) is 67.0 Å². The lowest BCUT2D eigenvalue weighted by atomic mass is 9.83. The SMILES string of the molecule is C=CCCc1ccc(CC2=CC(N3CCc4cc(C(C)(C)C)ccc4C3)CC=C2)cc1C. The first kappa shape index (κ1) is 22.8. The van der Waals surface area contributed by atoms with E-state index in [9.17, 15) is 0 Å². The van der Waals surface area contributed by atoms with Gasteiger partial charge < -0.3 is 0 Å². The number of rotatable bonds is 6. The molecule has 0 amide bonds. The van der Waals surface area contributed by atoms with E-state index in [0.717, 1.165) is 45.2 Å². The van der Waals surface area contributed by atoms with Gasteiger partial charge in [-0.05, 0) is 83.4 Å². The quantitative estimate of drug-likeness (QED) is 0.440. The van der Waals surface area contributed by atoms with Crippen LogP contribution in [0, 0.1) is 6.92 Å². The molecule has 0 saturated carbocycles. The lowest BCUT2D eigenvalue weighted by molar-refractivity contribution is 0.209. The smallest absolute Gasteiger partial charge is 0.0322 e. The van der Waals surface area contributed by atoms with Crippen molar-refractivity contribution in [1.82, 2.24) is 4.90 Å². The molecule has 2 aromatic rings. The number of fused-ring (bicyclic) bond motifs is 1. The first-order valence-corrected chi connectivity index (χ1v) is 12.3. The standard InChI is InChI=1S/C31H39N/c1-6-7-10-26-13-12-25(18-23(26)2)19-24-9-8-11-30(20-24)32-17-16-27-21-29(31(3,4)5)15-14-28(27)22-32/h6,8-9,12-15,18,20-21,30H,1,7,10-11,16-17,19,22H2,2-5H3. The molecule has 0 fully saturated rings. The van der Waals surface area contributed by atoms with Crippen molar-refractivity contribution in [1.29, 1.82) is 0 Å². The molecule has 1 heterocycles. The second-order valence-electron chi connectivity index (χ2n) is 10.7. The maximum Gasteiger partial charge on any atom is 0.0322 e. The van der Waals surface area contributed by atoms with Crippen molar-refractivity contribution in [3.05, 3.63) is 106 Å². The van der Waals surface area contributed by atoms with E-state index in [4.69, 9.17) is 0 Å². The Morgan fingerprint density at radius 2 is 1.94 bits per heavy atom. The van der Waals surface area contributed by atoms with Gasteiger partial charge in [-0.15, -0.1) is 6.58 Å². The molecule has 168 valence electrons. The van der Waals surface area contributed by atoms with Gasteiger partial charge in [0.25, 0.3) is 0 Å². The molecule has 0 radical (unpaired) electrons. The largest absolute Gasteiger partial charge is 0.292 e. The van der Waals surface area contributed by atoms with Gasteiger partial charge in [0.1, 0.15) is 0 Å². The zero-order chi connectivity index (χ0) is 22.7. The summed E-state index contributed by atoms with van der Waals surface area (Å²) in [7, 11) is 0. The maximum absolute atomic E-state index is 3.85. The Morgan fingerprint density at radius 1 is 1.09 bits per heavy atom. The zero-order valence-corrected chi connectivity index (χ0v) is 20.5. The van der Waals surface area contributed by atoms with E-state index < -0.39 is 0 Å². The van der Waals surface area contributed by atoms with Gasteiger partial charge in [0.05, 0.1) is 0 Å². The molecule has 1 atom stereocenters. The normalized spacial score (nSPS) is 18.9. The van der Waals surface area contributed by atoms with E-state index in [1.54, 1.807) is 5.56 Å². The molecule has 4 rings (SSSR count). The second-order valence-corrected chi connectivity index (χ2v) is 10.7. The first-order chi connectivity index (χ1) is 15.3. The molecular formula is C31H39N. The van der Waals surface area contributed by atoms with Gasteiger partial charge in [-0.25, -0.2) is 0 Å². The van der Waals surface area contributed by atoms with E-state index in [2.05, 4.69) is 93.8 Å². The average molecular weight is 426 g/mol. The van der Waals surface area contributed by atoms with Gasteiger partial charge in [-0.2, -0.15) is 0 Å². The molecule has 2 aromatic carbocycles. The summed E-state index contributed by atoms with van der Waals surface area (Å²) in [6.45, 7) is 15.2. The molecule has 1 aliphatic heterocycles. The molecule has 1 unspecified atom stereocenters. The highest BCUT2D eigenvalue weighted by Crippen LogP contribution is 2.30. The zero-order valence-electron chi connectivity index (χ0n) is 20.5. The van der Waals surface area contributed by atoms with Crippen molar-refractivity contribution in [3.63, 3.8) is 0 Å². The number of allylic oxidation sites excluding steroid dienone is 3. The van der Waals surface area contributed by atoms with Crippen LogP contribution in [-0.2, 0) is 31.2 Å². The summed E-state index contributed by atoms with van der Waals surface area (Å²) in [5, 5.41) is 0. The van der Waals surface area contributed by atoms with Crippen molar-refractivity contribution in [2.24, 2.45) is 0 Å². The van der Waals surface area contributed by atoms with Gasteiger partial charge in [0.15, 0.2) is 0 Å². The van der Waals surface area contributed by atoms with Crippen molar-refractivity contribution >= 4 is 0 Å². The van der Waals surface area contributed by atoms with Gasteiger partial charge in [0.2, 0.25) is 0 Å². The Balaban J connectivity index is 1.44. The number of hydrogen-bond acceptors (Lipinski definition) is 1. The van der Waals surface area contributed by atoms with Crippen molar-refractivity contribution < 1.29 is 0 Å². The Labute approximate surface area is 195 Å². The van der Waals surface area contributed by atoms with Gasteiger partial charge >= 0.3 is 0 Å². The molecule has 2 aliphatic rings. The number of benzene rings is 2. The highest BCUT2D eigenvalue weighted by atomic mass is 15.2. The van der Waals surface area contributed by atoms with Crippen molar-refractivity contribution in [2.45, 2.75) is 77.8 Å². The Kier molecular flexibility index (Phi) is 6.86. The topological polar surface area (TPSA) is 3.24 Å². The number of aryl methyl sites for hydroxylation is 2. The Morgan fingerprint density at radius 3 is 2.69 bits per heavy atom. The fraction of sp³-hybridized carbons (Fsp3) is 0.419. The minimum absolute atomic E-state index is 0.222. The van der Waals surface area contributed by atoms with Crippen LogP contribution >= 0.6 is 0 Å². The fourth-order valence-electron chi connectivity index (χ4n) is 5.07. The second kappa shape index (κ2) is 9.63. The van der Waals surface area contributed by atoms with E-state index >= 15 is 0 Å². The van der Waals surface area contributed by atoms with E-state index in [-0.39, 0.29) is 5.41 Å². The van der Waals surface area contributed by atoms with Crippen LogP contribution in [0.15, 0.2) is 72.9 Å². The first-order valence-electron chi connectivity index (χ1n) is 12.3. The third kappa shape index (κ3) is 5.33. The van der Waals surface area contributed by atoms with E-state index in [0.29, 0.717) is 6.04 Å². The number of hydrogen-bond donors (Lipinski definition) is 0. The van der Waals surface area contributed by atoms with Gasteiger partial charge in [-0.1, -0.05) is 81.5 Å². The van der Waals surface area contributed by atoms with E-state index in [1.807, 2.05) is 6.08 Å². The third-order valence-electron chi connectivity index (χ3n) is 7.13. The summed E-state index contributed by atoms with van der Waals surface area (Å²) >= 11 is 0. The Hall–Kier alpha value is -2.38. The highest BCUT2D eigenvalue weighted by Gasteiger charge is 2.24. The van der Waals surface area contributed by atoms with Crippen molar-refractivity contribution in [3.8, 4) is 0 Å². The molecule has 0 bridgehead atoms. The average Bonchev–Trinajstić information content (AvgIpc) is 2.77. The Bertz CT molecular complexity index is 1030. The summed E-state index contributed by atoms with van der Waals surface area (Å²) in [5.41, 5.74) is 10.5. The van der Waals surface area contributed by atoms with Crippen LogP contribution in [0.25, 0.3) is 0 Å². The summed E-state index contributed by atoms with van der Waals surface area (Å²) in [5.74, 6) is 0.